The third-order valence-corrected chi connectivity index (χ3v) is 4.37. The lowest BCUT2D eigenvalue weighted by Crippen LogP contribution is -2.00. The Labute approximate surface area is 152 Å². The SMILES string of the molecule is Cc1c(-c2cc(F)c(F)c(F)c2)ccc2c(N)nc(-c3cccnc3)nc12. The number of nitrogens with zero attached hydrogens (tertiary/aromatic N) is 3. The molecule has 4 rings (SSSR count). The second kappa shape index (κ2) is 6.35. The summed E-state index contributed by atoms with van der Waals surface area (Å²) in [6.45, 7) is 1.76. The second-order valence-electron chi connectivity index (χ2n) is 6.06. The molecule has 0 aliphatic rings. The predicted molar refractivity (Wildman–Crippen MR) is 97.2 cm³/mol. The molecule has 0 atom stereocenters. The lowest BCUT2D eigenvalue weighted by Gasteiger charge is -2.12. The molecule has 7 heteroatoms. The zero-order chi connectivity index (χ0) is 19.1. The molecule has 2 heterocycles. The number of aryl methyl sites for hydroxylation is 1. The van der Waals surface area contributed by atoms with Gasteiger partial charge in [-0.2, -0.15) is 0 Å². The molecule has 0 bridgehead atoms. The summed E-state index contributed by atoms with van der Waals surface area (Å²) in [7, 11) is 0. The van der Waals surface area contributed by atoms with Crippen LogP contribution in [0.25, 0.3) is 33.4 Å². The van der Waals surface area contributed by atoms with Crippen LogP contribution in [-0.2, 0) is 0 Å². The summed E-state index contributed by atoms with van der Waals surface area (Å²) in [6, 6.07) is 8.81. The van der Waals surface area contributed by atoms with Gasteiger partial charge in [-0.15, -0.1) is 0 Å². The Balaban J connectivity index is 1.96. The molecule has 4 aromatic rings. The molecular weight excluding hydrogens is 353 g/mol. The van der Waals surface area contributed by atoms with Crippen molar-refractivity contribution >= 4 is 16.7 Å². The van der Waals surface area contributed by atoms with Gasteiger partial charge in [-0.1, -0.05) is 6.07 Å². The van der Waals surface area contributed by atoms with E-state index in [1.54, 1.807) is 43.6 Å². The molecular formula is C20H13F3N4. The van der Waals surface area contributed by atoms with Crippen molar-refractivity contribution in [1.29, 1.82) is 0 Å². The molecule has 0 amide bonds. The Hall–Kier alpha value is -3.48. The third kappa shape index (κ3) is 2.87. The van der Waals surface area contributed by atoms with Crippen molar-refractivity contribution in [2.75, 3.05) is 5.73 Å². The molecule has 27 heavy (non-hydrogen) atoms. The van der Waals surface area contributed by atoms with E-state index in [1.807, 2.05) is 0 Å². The minimum Gasteiger partial charge on any atom is -0.383 e. The van der Waals surface area contributed by atoms with Crippen molar-refractivity contribution in [3.8, 4) is 22.5 Å². The number of pyridine rings is 1. The summed E-state index contributed by atoms with van der Waals surface area (Å²) in [6.07, 6.45) is 3.25. The average molecular weight is 366 g/mol. The zero-order valence-corrected chi connectivity index (χ0v) is 14.2. The van der Waals surface area contributed by atoms with Crippen molar-refractivity contribution < 1.29 is 13.2 Å². The number of fused-ring (bicyclic) bond motifs is 1. The molecule has 0 radical (unpaired) electrons. The number of benzene rings is 2. The fraction of sp³-hybridized carbons (Fsp3) is 0.0500. The van der Waals surface area contributed by atoms with Crippen LogP contribution in [-0.4, -0.2) is 15.0 Å². The molecule has 4 nitrogen and oxygen atoms in total. The largest absolute Gasteiger partial charge is 0.383 e. The van der Waals surface area contributed by atoms with Gasteiger partial charge in [0.2, 0.25) is 0 Å². The molecule has 0 aliphatic carbocycles. The first kappa shape index (κ1) is 17.0. The van der Waals surface area contributed by atoms with E-state index < -0.39 is 17.5 Å². The lowest BCUT2D eigenvalue weighted by molar-refractivity contribution is 0.447. The van der Waals surface area contributed by atoms with Crippen molar-refractivity contribution in [2.24, 2.45) is 0 Å². The average Bonchev–Trinajstić information content (AvgIpc) is 2.67. The Morgan fingerprint density at radius 2 is 1.67 bits per heavy atom. The highest BCUT2D eigenvalue weighted by Gasteiger charge is 2.16. The highest BCUT2D eigenvalue weighted by atomic mass is 19.2. The van der Waals surface area contributed by atoms with Crippen LogP contribution < -0.4 is 5.73 Å². The van der Waals surface area contributed by atoms with Gasteiger partial charge in [0.05, 0.1) is 5.52 Å². The summed E-state index contributed by atoms with van der Waals surface area (Å²) in [5, 5.41) is 0.618. The topological polar surface area (TPSA) is 64.7 Å². The highest BCUT2D eigenvalue weighted by molar-refractivity contribution is 5.95. The fourth-order valence-electron chi connectivity index (χ4n) is 3.00. The van der Waals surface area contributed by atoms with Gasteiger partial charge < -0.3 is 5.73 Å². The smallest absolute Gasteiger partial charge is 0.194 e. The highest BCUT2D eigenvalue weighted by Crippen LogP contribution is 2.33. The van der Waals surface area contributed by atoms with Crippen LogP contribution >= 0.6 is 0 Å². The molecule has 0 aliphatic heterocycles. The number of hydrogen-bond donors (Lipinski definition) is 1. The van der Waals surface area contributed by atoms with Gasteiger partial charge in [-0.05, 0) is 53.9 Å². The first-order valence-corrected chi connectivity index (χ1v) is 8.08. The van der Waals surface area contributed by atoms with Crippen LogP contribution in [0.3, 0.4) is 0 Å². The normalized spacial score (nSPS) is 11.1. The minimum atomic E-state index is -1.50. The van der Waals surface area contributed by atoms with E-state index in [2.05, 4.69) is 15.0 Å². The third-order valence-electron chi connectivity index (χ3n) is 4.37. The number of halogens is 3. The molecule has 2 aromatic carbocycles. The maximum absolute atomic E-state index is 13.7. The van der Waals surface area contributed by atoms with E-state index in [4.69, 9.17) is 5.73 Å². The quantitative estimate of drug-likeness (QED) is 0.524. The number of rotatable bonds is 2. The Morgan fingerprint density at radius 1 is 0.926 bits per heavy atom. The van der Waals surface area contributed by atoms with E-state index in [9.17, 15) is 13.2 Å². The molecule has 0 unspecified atom stereocenters. The van der Waals surface area contributed by atoms with Crippen LogP contribution in [0, 0.1) is 24.4 Å². The van der Waals surface area contributed by atoms with Gasteiger partial charge in [0.15, 0.2) is 23.3 Å². The predicted octanol–water partition coefficient (Wildman–Crippen LogP) is 4.67. The maximum Gasteiger partial charge on any atom is 0.194 e. The summed E-state index contributed by atoms with van der Waals surface area (Å²) in [4.78, 5) is 12.9. The van der Waals surface area contributed by atoms with Crippen molar-refractivity contribution in [3.05, 3.63) is 71.8 Å². The summed E-state index contributed by atoms with van der Waals surface area (Å²) < 4.78 is 40.6. The monoisotopic (exact) mass is 366 g/mol. The van der Waals surface area contributed by atoms with E-state index in [1.165, 1.54) is 0 Å². The van der Waals surface area contributed by atoms with Crippen molar-refractivity contribution in [1.82, 2.24) is 15.0 Å². The zero-order valence-electron chi connectivity index (χ0n) is 14.2. The number of nitrogen functional groups attached to an aromatic ring is 1. The Morgan fingerprint density at radius 3 is 2.33 bits per heavy atom. The van der Waals surface area contributed by atoms with Crippen LogP contribution in [0.15, 0.2) is 48.8 Å². The van der Waals surface area contributed by atoms with E-state index in [-0.39, 0.29) is 11.4 Å². The lowest BCUT2D eigenvalue weighted by atomic mass is 9.97. The van der Waals surface area contributed by atoms with Gasteiger partial charge in [-0.3, -0.25) is 4.98 Å². The summed E-state index contributed by atoms with van der Waals surface area (Å²) >= 11 is 0. The first-order chi connectivity index (χ1) is 13.0. The molecule has 0 spiro atoms. The van der Waals surface area contributed by atoms with Gasteiger partial charge in [0.25, 0.3) is 0 Å². The second-order valence-corrected chi connectivity index (χ2v) is 6.06. The molecule has 0 fully saturated rings. The molecule has 0 saturated carbocycles. The standard InChI is InChI=1S/C20H13F3N4/c1-10-13(12-7-15(21)17(23)16(22)8-12)4-5-14-18(10)26-20(27-19(14)24)11-3-2-6-25-9-11/h2-9H,1H3,(H2,24,26,27). The number of anilines is 1. The van der Waals surface area contributed by atoms with Crippen LogP contribution in [0.2, 0.25) is 0 Å². The number of hydrogen-bond acceptors (Lipinski definition) is 4. The van der Waals surface area contributed by atoms with Crippen LogP contribution in [0.4, 0.5) is 19.0 Å². The van der Waals surface area contributed by atoms with Crippen molar-refractivity contribution in [3.63, 3.8) is 0 Å². The van der Waals surface area contributed by atoms with Gasteiger partial charge in [-0.25, -0.2) is 23.1 Å². The maximum atomic E-state index is 13.7. The number of aromatic nitrogens is 3. The van der Waals surface area contributed by atoms with Crippen molar-refractivity contribution in [2.45, 2.75) is 6.92 Å². The Kier molecular flexibility index (Phi) is 3.99. The molecule has 0 saturated heterocycles. The summed E-state index contributed by atoms with van der Waals surface area (Å²) in [5.41, 5.74) is 8.70. The minimum absolute atomic E-state index is 0.214. The Bertz CT molecular complexity index is 1150. The van der Waals surface area contributed by atoms with E-state index in [0.29, 0.717) is 33.4 Å². The van der Waals surface area contributed by atoms with Gasteiger partial charge in [0.1, 0.15) is 5.82 Å². The molecule has 2 N–H and O–H groups in total. The van der Waals surface area contributed by atoms with Gasteiger partial charge >= 0.3 is 0 Å². The first-order valence-electron chi connectivity index (χ1n) is 8.08. The fourth-order valence-corrected chi connectivity index (χ4v) is 3.00. The summed E-state index contributed by atoms with van der Waals surface area (Å²) in [5.74, 6) is -3.32. The van der Waals surface area contributed by atoms with E-state index in [0.717, 1.165) is 12.1 Å². The molecule has 134 valence electrons. The number of nitrogens with two attached hydrogens (primary N) is 1. The van der Waals surface area contributed by atoms with E-state index >= 15 is 0 Å². The van der Waals surface area contributed by atoms with Crippen LogP contribution in [0.1, 0.15) is 5.56 Å². The van der Waals surface area contributed by atoms with Crippen LogP contribution in [0.5, 0.6) is 0 Å². The molecule has 2 aromatic heterocycles. The van der Waals surface area contributed by atoms with Gasteiger partial charge in [0, 0.05) is 23.3 Å².